The number of carbonyl (C=O) groups excluding carboxylic acids is 2. The molecular weight excluding hydrogens is 331 g/mol. The number of ether oxygens (including phenoxy) is 1. The van der Waals surface area contributed by atoms with Crippen LogP contribution in [-0.4, -0.2) is 31.2 Å². The Morgan fingerprint density at radius 2 is 2.17 bits per heavy atom. The minimum Gasteiger partial charge on any atom is -0.442 e. The van der Waals surface area contributed by atoms with E-state index in [1.807, 2.05) is 17.5 Å². The highest BCUT2D eigenvalue weighted by Gasteiger charge is 2.32. The average Bonchev–Trinajstić information content (AvgIpc) is 3.21. The van der Waals surface area contributed by atoms with Crippen LogP contribution in [0.1, 0.15) is 12.0 Å². The number of rotatable bonds is 6. The maximum Gasteiger partial charge on any atom is 0.415 e. The summed E-state index contributed by atoms with van der Waals surface area (Å²) < 4.78 is 18.7. The van der Waals surface area contributed by atoms with Gasteiger partial charge in [-0.25, -0.2) is 9.18 Å². The molecule has 126 valence electrons. The number of benzene rings is 1. The molecule has 2 aromatic rings. The summed E-state index contributed by atoms with van der Waals surface area (Å²) in [6, 6.07) is 10.1. The smallest absolute Gasteiger partial charge is 0.415 e. The monoisotopic (exact) mass is 348 g/mol. The van der Waals surface area contributed by atoms with Crippen LogP contribution in [0.25, 0.3) is 0 Å². The molecule has 1 unspecified atom stereocenters. The molecule has 1 N–H and O–H groups in total. The minimum atomic E-state index is -0.400. The molecule has 1 saturated heterocycles. The number of nitrogens with zero attached hydrogens (tertiary/aromatic N) is 1. The predicted octanol–water partition coefficient (Wildman–Crippen LogP) is 2.96. The summed E-state index contributed by atoms with van der Waals surface area (Å²) in [7, 11) is 0. The maximum atomic E-state index is 13.5. The van der Waals surface area contributed by atoms with Gasteiger partial charge in [0.05, 0.1) is 13.1 Å². The molecule has 7 heteroatoms. The second-order valence-corrected chi connectivity index (χ2v) is 6.39. The zero-order valence-electron chi connectivity index (χ0n) is 12.9. The van der Waals surface area contributed by atoms with Gasteiger partial charge < -0.3 is 10.1 Å². The molecule has 2 heterocycles. The summed E-state index contributed by atoms with van der Waals surface area (Å²) in [5.41, 5.74) is 0.517. The largest absolute Gasteiger partial charge is 0.442 e. The van der Waals surface area contributed by atoms with Gasteiger partial charge in [-0.05, 0) is 35.6 Å². The number of anilines is 1. The number of hydrogen-bond acceptors (Lipinski definition) is 4. The number of nitrogens with one attached hydrogen (secondary N) is 1. The zero-order valence-corrected chi connectivity index (χ0v) is 13.7. The van der Waals surface area contributed by atoms with Crippen molar-refractivity contribution in [2.75, 3.05) is 18.0 Å². The second kappa shape index (κ2) is 7.44. The first-order valence-electron chi connectivity index (χ1n) is 7.65. The van der Waals surface area contributed by atoms with E-state index in [0.717, 1.165) is 5.00 Å². The van der Waals surface area contributed by atoms with Crippen LogP contribution in [0.4, 0.5) is 14.2 Å². The quantitative estimate of drug-likeness (QED) is 0.873. The lowest BCUT2D eigenvalue weighted by Crippen LogP contribution is -2.34. The standard InChI is InChI=1S/C17H17FN2O3S/c18-14-5-2-1-4-12(14)7-8-15(21)19-10-13-11-20(17(22)23-13)16-6-3-9-24-16/h1-6,9,13H,7-8,10-11H2,(H,19,21). The third kappa shape index (κ3) is 3.91. The summed E-state index contributed by atoms with van der Waals surface area (Å²) >= 11 is 1.46. The third-order valence-corrected chi connectivity index (χ3v) is 4.64. The molecule has 0 aliphatic carbocycles. The molecule has 1 aliphatic rings. The van der Waals surface area contributed by atoms with Crippen LogP contribution in [0.15, 0.2) is 41.8 Å². The van der Waals surface area contributed by atoms with Gasteiger partial charge in [-0.3, -0.25) is 9.69 Å². The zero-order chi connectivity index (χ0) is 16.9. The van der Waals surface area contributed by atoms with Crippen molar-refractivity contribution in [1.82, 2.24) is 5.32 Å². The van der Waals surface area contributed by atoms with Gasteiger partial charge in [0.1, 0.15) is 16.9 Å². The molecule has 1 fully saturated rings. The lowest BCUT2D eigenvalue weighted by Gasteiger charge is -2.11. The fraction of sp³-hybridized carbons (Fsp3) is 0.294. The Bertz CT molecular complexity index is 720. The van der Waals surface area contributed by atoms with E-state index >= 15 is 0 Å². The first-order valence-corrected chi connectivity index (χ1v) is 8.53. The van der Waals surface area contributed by atoms with Gasteiger partial charge in [0.25, 0.3) is 0 Å². The summed E-state index contributed by atoms with van der Waals surface area (Å²) in [5, 5.41) is 5.46. The molecule has 0 radical (unpaired) electrons. The molecule has 3 rings (SSSR count). The van der Waals surface area contributed by atoms with E-state index < -0.39 is 6.09 Å². The summed E-state index contributed by atoms with van der Waals surface area (Å²) in [5.74, 6) is -0.495. The van der Waals surface area contributed by atoms with Crippen LogP contribution >= 0.6 is 11.3 Å². The van der Waals surface area contributed by atoms with Gasteiger partial charge in [-0.1, -0.05) is 18.2 Å². The van der Waals surface area contributed by atoms with Gasteiger partial charge in [0.2, 0.25) is 5.91 Å². The van der Waals surface area contributed by atoms with Crippen molar-refractivity contribution in [3.05, 3.63) is 53.2 Å². The van der Waals surface area contributed by atoms with E-state index in [0.29, 0.717) is 18.5 Å². The third-order valence-electron chi connectivity index (χ3n) is 3.75. The Hall–Kier alpha value is -2.41. The Labute approximate surface area is 143 Å². The van der Waals surface area contributed by atoms with Crippen LogP contribution < -0.4 is 10.2 Å². The first-order chi connectivity index (χ1) is 11.6. The predicted molar refractivity (Wildman–Crippen MR) is 89.7 cm³/mol. The van der Waals surface area contributed by atoms with Crippen LogP contribution in [0.3, 0.4) is 0 Å². The fourth-order valence-corrected chi connectivity index (χ4v) is 3.23. The molecule has 0 saturated carbocycles. The van der Waals surface area contributed by atoms with Gasteiger partial charge in [-0.15, -0.1) is 11.3 Å². The Kier molecular flexibility index (Phi) is 5.10. The van der Waals surface area contributed by atoms with Gasteiger partial charge >= 0.3 is 6.09 Å². The number of halogens is 1. The van der Waals surface area contributed by atoms with E-state index in [-0.39, 0.29) is 30.8 Å². The number of cyclic esters (lactones) is 1. The lowest BCUT2D eigenvalue weighted by atomic mass is 10.1. The lowest BCUT2D eigenvalue weighted by molar-refractivity contribution is -0.121. The average molecular weight is 348 g/mol. The Morgan fingerprint density at radius 3 is 2.92 bits per heavy atom. The van der Waals surface area contributed by atoms with Gasteiger partial charge in [0, 0.05) is 6.42 Å². The van der Waals surface area contributed by atoms with Crippen molar-refractivity contribution in [3.8, 4) is 0 Å². The van der Waals surface area contributed by atoms with E-state index in [1.54, 1.807) is 23.1 Å². The minimum absolute atomic E-state index is 0.191. The van der Waals surface area contributed by atoms with E-state index in [9.17, 15) is 14.0 Å². The van der Waals surface area contributed by atoms with E-state index in [4.69, 9.17) is 4.74 Å². The number of aryl methyl sites for hydroxylation is 1. The van der Waals surface area contributed by atoms with Gasteiger partial charge in [-0.2, -0.15) is 0 Å². The fourth-order valence-electron chi connectivity index (χ4n) is 2.50. The maximum absolute atomic E-state index is 13.5. The van der Waals surface area contributed by atoms with Crippen LogP contribution in [-0.2, 0) is 16.0 Å². The Morgan fingerprint density at radius 1 is 1.33 bits per heavy atom. The van der Waals surface area contributed by atoms with E-state index in [1.165, 1.54) is 17.4 Å². The summed E-state index contributed by atoms with van der Waals surface area (Å²) in [6.45, 7) is 0.663. The topological polar surface area (TPSA) is 58.6 Å². The van der Waals surface area contributed by atoms with Crippen molar-refractivity contribution in [2.45, 2.75) is 18.9 Å². The molecule has 2 amide bonds. The number of amides is 2. The van der Waals surface area contributed by atoms with Crippen molar-refractivity contribution in [3.63, 3.8) is 0 Å². The molecule has 1 aliphatic heterocycles. The van der Waals surface area contributed by atoms with Crippen molar-refractivity contribution in [2.24, 2.45) is 0 Å². The number of carbonyl (C=O) groups is 2. The molecular formula is C17H17FN2O3S. The normalized spacial score (nSPS) is 17.0. The van der Waals surface area contributed by atoms with Crippen LogP contribution in [0.5, 0.6) is 0 Å². The van der Waals surface area contributed by atoms with Crippen LogP contribution in [0, 0.1) is 5.82 Å². The highest BCUT2D eigenvalue weighted by atomic mass is 32.1. The van der Waals surface area contributed by atoms with Crippen molar-refractivity contribution < 1.29 is 18.7 Å². The van der Waals surface area contributed by atoms with Crippen molar-refractivity contribution >= 4 is 28.3 Å². The molecule has 1 atom stereocenters. The molecule has 0 bridgehead atoms. The number of hydrogen-bond donors (Lipinski definition) is 1. The molecule has 24 heavy (non-hydrogen) atoms. The molecule has 5 nitrogen and oxygen atoms in total. The first kappa shape index (κ1) is 16.4. The summed E-state index contributed by atoms with van der Waals surface area (Å²) in [4.78, 5) is 25.3. The number of thiophene rings is 1. The van der Waals surface area contributed by atoms with Gasteiger partial charge in [0.15, 0.2) is 0 Å². The molecule has 1 aromatic carbocycles. The summed E-state index contributed by atoms with van der Waals surface area (Å²) in [6.07, 6.45) is -0.249. The van der Waals surface area contributed by atoms with Crippen molar-refractivity contribution in [1.29, 1.82) is 0 Å². The Balaban J connectivity index is 1.44. The molecule has 0 spiro atoms. The SMILES string of the molecule is O=C(CCc1ccccc1F)NCC1CN(c2cccs2)C(=O)O1. The van der Waals surface area contributed by atoms with Crippen LogP contribution in [0.2, 0.25) is 0 Å². The second-order valence-electron chi connectivity index (χ2n) is 5.46. The highest BCUT2D eigenvalue weighted by Crippen LogP contribution is 2.26. The highest BCUT2D eigenvalue weighted by molar-refractivity contribution is 7.14. The van der Waals surface area contributed by atoms with E-state index in [2.05, 4.69) is 5.32 Å². The molecule has 1 aromatic heterocycles.